The third-order valence-electron chi connectivity index (χ3n) is 4.37. The second-order valence-electron chi connectivity index (χ2n) is 6.95. The summed E-state index contributed by atoms with van der Waals surface area (Å²) in [5, 5.41) is 3.37. The predicted molar refractivity (Wildman–Crippen MR) is 120 cm³/mol. The van der Waals surface area contributed by atoms with Crippen LogP contribution < -0.4 is 5.32 Å². The summed E-state index contributed by atoms with van der Waals surface area (Å²) < 4.78 is 5.51. The third-order valence-corrected chi connectivity index (χ3v) is 4.71. The lowest BCUT2D eigenvalue weighted by Gasteiger charge is -2.18. The number of carbonyl (C=O) groups is 2. The average molecular weight is 420 g/mol. The van der Waals surface area contributed by atoms with Crippen LogP contribution in [0.5, 0.6) is 0 Å². The molecular weight excluding hydrogens is 398 g/mol. The Balaban J connectivity index is 1.79. The van der Waals surface area contributed by atoms with Gasteiger partial charge in [0.1, 0.15) is 0 Å². The van der Waals surface area contributed by atoms with E-state index >= 15 is 0 Å². The van der Waals surface area contributed by atoms with Gasteiger partial charge in [0.2, 0.25) is 6.10 Å². The van der Waals surface area contributed by atoms with Crippen molar-refractivity contribution in [1.82, 2.24) is 0 Å². The maximum atomic E-state index is 13.0. The van der Waals surface area contributed by atoms with Gasteiger partial charge in [-0.15, -0.1) is 0 Å². The molecule has 0 aromatic heterocycles. The van der Waals surface area contributed by atoms with E-state index in [1.807, 2.05) is 44.2 Å². The quantitative estimate of drug-likeness (QED) is 0.400. The minimum absolute atomic E-state index is 0.425. The third kappa shape index (κ3) is 5.82. The molecule has 0 aliphatic rings. The Morgan fingerprint density at radius 3 is 2.23 bits per heavy atom. The van der Waals surface area contributed by atoms with E-state index in [4.69, 9.17) is 16.3 Å². The lowest BCUT2D eigenvalue weighted by molar-refractivity contribution is -0.149. The molecule has 3 aromatic rings. The van der Waals surface area contributed by atoms with Crippen molar-refractivity contribution in [3.8, 4) is 0 Å². The summed E-state index contributed by atoms with van der Waals surface area (Å²) >= 11 is 6.11. The van der Waals surface area contributed by atoms with Gasteiger partial charge in [0.25, 0.3) is 5.91 Å². The van der Waals surface area contributed by atoms with Gasteiger partial charge in [-0.25, -0.2) is 4.79 Å². The molecule has 0 unspecified atom stereocenters. The molecule has 1 N–H and O–H groups in total. The van der Waals surface area contributed by atoms with Crippen LogP contribution in [0.25, 0.3) is 6.08 Å². The zero-order valence-electron chi connectivity index (χ0n) is 16.8. The molecule has 1 amide bonds. The standard InChI is InChI=1S/C25H22ClNO3/c1-17-14-18(2)16-21(15-17)27-25(29)24(20-9-4-3-5-10-20)30-23(28)13-12-19-8-6-7-11-22(19)26/h3-16,24H,1-2H3,(H,27,29)/t24-/m0/s1. The fourth-order valence-electron chi connectivity index (χ4n) is 3.08. The Kier molecular flexibility index (Phi) is 7.04. The van der Waals surface area contributed by atoms with Crippen LogP contribution in [0, 0.1) is 13.8 Å². The Morgan fingerprint density at radius 2 is 1.57 bits per heavy atom. The van der Waals surface area contributed by atoms with E-state index in [1.54, 1.807) is 48.5 Å². The second kappa shape index (κ2) is 9.90. The van der Waals surface area contributed by atoms with E-state index in [2.05, 4.69) is 5.32 Å². The zero-order valence-corrected chi connectivity index (χ0v) is 17.5. The van der Waals surface area contributed by atoms with Crippen molar-refractivity contribution in [3.63, 3.8) is 0 Å². The predicted octanol–water partition coefficient (Wildman–Crippen LogP) is 5.89. The average Bonchev–Trinajstić information content (AvgIpc) is 2.71. The number of esters is 1. The molecule has 0 radical (unpaired) electrons. The summed E-state index contributed by atoms with van der Waals surface area (Å²) in [7, 11) is 0. The van der Waals surface area contributed by atoms with Crippen molar-refractivity contribution in [1.29, 1.82) is 0 Å². The van der Waals surface area contributed by atoms with Crippen LogP contribution in [0.2, 0.25) is 5.02 Å². The first-order valence-electron chi connectivity index (χ1n) is 9.50. The van der Waals surface area contributed by atoms with Gasteiger partial charge in [-0.1, -0.05) is 66.2 Å². The molecule has 1 atom stereocenters. The Labute approximate surface area is 181 Å². The summed E-state index contributed by atoms with van der Waals surface area (Å²) in [5.41, 5.74) is 3.98. The number of halogens is 1. The first kappa shape index (κ1) is 21.3. The highest BCUT2D eigenvalue weighted by Gasteiger charge is 2.24. The normalized spacial score (nSPS) is 11.8. The molecule has 0 fully saturated rings. The van der Waals surface area contributed by atoms with Crippen molar-refractivity contribution in [2.24, 2.45) is 0 Å². The van der Waals surface area contributed by atoms with Gasteiger partial charge in [0, 0.05) is 22.3 Å². The number of rotatable bonds is 6. The summed E-state index contributed by atoms with van der Waals surface area (Å²) in [5.74, 6) is -1.06. The fraction of sp³-hybridized carbons (Fsp3) is 0.120. The number of benzene rings is 3. The number of aryl methyl sites for hydroxylation is 2. The maximum Gasteiger partial charge on any atom is 0.331 e. The van der Waals surface area contributed by atoms with Crippen molar-refractivity contribution >= 4 is 35.2 Å². The summed E-state index contributed by atoms with van der Waals surface area (Å²) in [6.45, 7) is 3.91. The number of ether oxygens (including phenoxy) is 1. The molecule has 0 aliphatic heterocycles. The zero-order chi connectivity index (χ0) is 21.5. The molecule has 0 spiro atoms. The van der Waals surface area contributed by atoms with E-state index in [0.717, 1.165) is 11.1 Å². The molecule has 0 saturated carbocycles. The first-order chi connectivity index (χ1) is 14.4. The van der Waals surface area contributed by atoms with Crippen LogP contribution in [-0.4, -0.2) is 11.9 Å². The Hall–Kier alpha value is -3.37. The topological polar surface area (TPSA) is 55.4 Å². The molecule has 0 bridgehead atoms. The van der Waals surface area contributed by atoms with Crippen LogP contribution in [-0.2, 0) is 14.3 Å². The van der Waals surface area contributed by atoms with Gasteiger partial charge in [0.05, 0.1) is 0 Å². The van der Waals surface area contributed by atoms with Gasteiger partial charge in [0.15, 0.2) is 0 Å². The number of anilines is 1. The van der Waals surface area contributed by atoms with Gasteiger partial charge in [-0.2, -0.15) is 0 Å². The fourth-order valence-corrected chi connectivity index (χ4v) is 3.28. The monoisotopic (exact) mass is 419 g/mol. The molecule has 0 heterocycles. The highest BCUT2D eigenvalue weighted by Crippen LogP contribution is 2.22. The lowest BCUT2D eigenvalue weighted by Crippen LogP contribution is -2.25. The molecule has 30 heavy (non-hydrogen) atoms. The molecule has 0 aliphatic carbocycles. The SMILES string of the molecule is Cc1cc(C)cc(NC(=O)[C@@H](OC(=O)C=Cc2ccccc2Cl)c2ccccc2)c1. The van der Waals surface area contributed by atoms with E-state index in [-0.39, 0.29) is 0 Å². The molecule has 0 saturated heterocycles. The Morgan fingerprint density at radius 1 is 0.933 bits per heavy atom. The van der Waals surface area contributed by atoms with E-state index < -0.39 is 18.0 Å². The smallest absolute Gasteiger partial charge is 0.331 e. The van der Waals surface area contributed by atoms with Gasteiger partial charge in [-0.3, -0.25) is 4.79 Å². The van der Waals surface area contributed by atoms with Crippen molar-refractivity contribution < 1.29 is 14.3 Å². The van der Waals surface area contributed by atoms with Crippen LogP contribution in [0.3, 0.4) is 0 Å². The van der Waals surface area contributed by atoms with Crippen LogP contribution >= 0.6 is 11.6 Å². The van der Waals surface area contributed by atoms with Crippen LogP contribution in [0.1, 0.15) is 28.4 Å². The van der Waals surface area contributed by atoms with Crippen molar-refractivity contribution in [2.45, 2.75) is 20.0 Å². The van der Waals surface area contributed by atoms with Gasteiger partial charge >= 0.3 is 5.97 Å². The van der Waals surface area contributed by atoms with Gasteiger partial charge in [-0.05, 0) is 54.8 Å². The van der Waals surface area contributed by atoms with Crippen molar-refractivity contribution in [2.75, 3.05) is 5.32 Å². The summed E-state index contributed by atoms with van der Waals surface area (Å²) in [4.78, 5) is 25.4. The molecule has 152 valence electrons. The Bertz CT molecular complexity index is 1060. The van der Waals surface area contributed by atoms with E-state index in [9.17, 15) is 9.59 Å². The summed E-state index contributed by atoms with van der Waals surface area (Å²) in [6, 6.07) is 21.8. The van der Waals surface area contributed by atoms with Crippen LogP contribution in [0.4, 0.5) is 5.69 Å². The number of carbonyl (C=O) groups excluding carboxylic acids is 2. The lowest BCUT2D eigenvalue weighted by atomic mass is 10.1. The molecule has 3 aromatic carbocycles. The minimum Gasteiger partial charge on any atom is -0.444 e. The first-order valence-corrected chi connectivity index (χ1v) is 9.87. The van der Waals surface area contributed by atoms with Gasteiger partial charge < -0.3 is 10.1 Å². The van der Waals surface area contributed by atoms with Crippen LogP contribution in [0.15, 0.2) is 78.9 Å². The maximum absolute atomic E-state index is 13.0. The summed E-state index contributed by atoms with van der Waals surface area (Å²) in [6.07, 6.45) is 1.74. The number of amides is 1. The molecule has 3 rings (SSSR count). The van der Waals surface area contributed by atoms with E-state index in [1.165, 1.54) is 6.08 Å². The molecule has 5 heteroatoms. The largest absolute Gasteiger partial charge is 0.444 e. The minimum atomic E-state index is -1.09. The van der Waals surface area contributed by atoms with Crippen molar-refractivity contribution in [3.05, 3.63) is 106 Å². The number of nitrogens with one attached hydrogen (secondary N) is 1. The highest BCUT2D eigenvalue weighted by molar-refractivity contribution is 6.32. The highest BCUT2D eigenvalue weighted by atomic mass is 35.5. The second-order valence-corrected chi connectivity index (χ2v) is 7.36. The number of hydrogen-bond donors (Lipinski definition) is 1. The molecular formula is C25H22ClNO3. The molecule has 4 nitrogen and oxygen atoms in total. The van der Waals surface area contributed by atoms with E-state index in [0.29, 0.717) is 21.8 Å². The number of hydrogen-bond acceptors (Lipinski definition) is 3.